The molecule has 0 saturated carbocycles. The first-order chi connectivity index (χ1) is 8.40. The second-order valence-electron chi connectivity index (χ2n) is 3.61. The van der Waals surface area contributed by atoms with E-state index in [0.717, 1.165) is 20.1 Å². The first-order valence-corrected chi connectivity index (χ1v) is 7.28. The van der Waals surface area contributed by atoms with Gasteiger partial charge in [0, 0.05) is 5.02 Å². The number of hydrogen-bond donors (Lipinski definition) is 0. The van der Waals surface area contributed by atoms with Crippen LogP contribution in [0, 0.1) is 13.8 Å². The summed E-state index contributed by atoms with van der Waals surface area (Å²) in [7, 11) is 0. The molecule has 0 aliphatic rings. The molecule has 0 N–H and O–H groups in total. The predicted molar refractivity (Wildman–Crippen MR) is 78.5 cm³/mol. The number of rotatable bonds is 4. The van der Waals surface area contributed by atoms with E-state index in [9.17, 15) is 4.79 Å². The standard InChI is InChI=1S/C12H13Br2ClO3/c1-4-17-8(16)5-18-12-9(13)6(2)11(15)7(3)10(12)14/h4-5H2,1-3H3. The Bertz CT molecular complexity index is 446. The van der Waals surface area contributed by atoms with E-state index in [4.69, 9.17) is 21.1 Å². The Balaban J connectivity index is 2.99. The van der Waals surface area contributed by atoms with Crippen molar-refractivity contribution in [1.29, 1.82) is 0 Å². The zero-order chi connectivity index (χ0) is 13.9. The third-order valence-corrected chi connectivity index (χ3v) is 4.83. The maximum Gasteiger partial charge on any atom is 0.344 e. The maximum atomic E-state index is 11.3. The summed E-state index contributed by atoms with van der Waals surface area (Å²) in [5.74, 6) is 0.156. The predicted octanol–water partition coefficient (Wildman–Crippen LogP) is 4.42. The fourth-order valence-electron chi connectivity index (χ4n) is 1.37. The Kier molecular flexibility index (Phi) is 5.95. The summed E-state index contributed by atoms with van der Waals surface area (Å²) in [6, 6.07) is 0. The van der Waals surface area contributed by atoms with Crippen LogP contribution in [0.25, 0.3) is 0 Å². The molecular formula is C12H13Br2ClO3. The molecule has 3 nitrogen and oxygen atoms in total. The van der Waals surface area contributed by atoms with Gasteiger partial charge in [0.2, 0.25) is 0 Å². The van der Waals surface area contributed by atoms with Crippen molar-refractivity contribution in [3.63, 3.8) is 0 Å². The van der Waals surface area contributed by atoms with Gasteiger partial charge in [0.1, 0.15) is 5.75 Å². The molecule has 0 spiro atoms. The Labute approximate surface area is 128 Å². The fourth-order valence-corrected chi connectivity index (χ4v) is 3.08. The van der Waals surface area contributed by atoms with Gasteiger partial charge in [-0.1, -0.05) is 11.6 Å². The van der Waals surface area contributed by atoms with Crippen LogP contribution in [0.1, 0.15) is 18.1 Å². The van der Waals surface area contributed by atoms with Gasteiger partial charge in [0.15, 0.2) is 6.61 Å². The van der Waals surface area contributed by atoms with Gasteiger partial charge in [-0.05, 0) is 63.8 Å². The van der Waals surface area contributed by atoms with Crippen LogP contribution in [-0.4, -0.2) is 19.2 Å². The van der Waals surface area contributed by atoms with Crippen LogP contribution in [0.4, 0.5) is 0 Å². The van der Waals surface area contributed by atoms with E-state index in [-0.39, 0.29) is 6.61 Å². The summed E-state index contributed by atoms with van der Waals surface area (Å²) >= 11 is 13.0. The Hall–Kier alpha value is -0.260. The van der Waals surface area contributed by atoms with Crippen molar-refractivity contribution in [2.75, 3.05) is 13.2 Å². The third-order valence-electron chi connectivity index (χ3n) is 2.36. The molecule has 0 atom stereocenters. The molecule has 0 aliphatic heterocycles. The highest BCUT2D eigenvalue weighted by atomic mass is 79.9. The molecule has 0 aromatic heterocycles. The van der Waals surface area contributed by atoms with Gasteiger partial charge in [-0.2, -0.15) is 0 Å². The molecule has 0 unspecified atom stereocenters. The number of halogens is 3. The van der Waals surface area contributed by atoms with Crippen LogP contribution >= 0.6 is 43.5 Å². The van der Waals surface area contributed by atoms with Gasteiger partial charge in [0.05, 0.1) is 15.6 Å². The van der Waals surface area contributed by atoms with Crippen LogP contribution < -0.4 is 4.74 Å². The Morgan fingerprint density at radius 1 is 1.22 bits per heavy atom. The summed E-state index contributed by atoms with van der Waals surface area (Å²) < 4.78 is 11.7. The van der Waals surface area contributed by atoms with Crippen molar-refractivity contribution in [3.05, 3.63) is 25.1 Å². The average molecular weight is 400 g/mol. The van der Waals surface area contributed by atoms with E-state index in [0.29, 0.717) is 17.4 Å². The van der Waals surface area contributed by atoms with Gasteiger partial charge >= 0.3 is 5.97 Å². The average Bonchev–Trinajstić information content (AvgIpc) is 2.34. The summed E-state index contributed by atoms with van der Waals surface area (Å²) in [6.45, 7) is 5.71. The topological polar surface area (TPSA) is 35.5 Å². The second kappa shape index (κ2) is 6.78. The molecule has 1 aromatic rings. The Morgan fingerprint density at radius 2 is 1.72 bits per heavy atom. The molecule has 100 valence electrons. The molecule has 18 heavy (non-hydrogen) atoms. The van der Waals surface area contributed by atoms with E-state index in [1.165, 1.54) is 0 Å². The fraction of sp³-hybridized carbons (Fsp3) is 0.417. The summed E-state index contributed by atoms with van der Waals surface area (Å²) in [5.41, 5.74) is 1.74. The number of ether oxygens (including phenoxy) is 2. The zero-order valence-corrected chi connectivity index (χ0v) is 14.2. The molecule has 0 fully saturated rings. The monoisotopic (exact) mass is 398 g/mol. The lowest BCUT2D eigenvalue weighted by Crippen LogP contribution is -2.15. The van der Waals surface area contributed by atoms with E-state index >= 15 is 0 Å². The molecule has 0 aliphatic carbocycles. The van der Waals surface area contributed by atoms with Crippen molar-refractivity contribution < 1.29 is 14.3 Å². The number of esters is 1. The van der Waals surface area contributed by atoms with Gasteiger partial charge in [0.25, 0.3) is 0 Å². The summed E-state index contributed by atoms with van der Waals surface area (Å²) in [6.07, 6.45) is 0. The van der Waals surface area contributed by atoms with E-state index < -0.39 is 5.97 Å². The van der Waals surface area contributed by atoms with Gasteiger partial charge in [-0.3, -0.25) is 0 Å². The molecule has 6 heteroatoms. The van der Waals surface area contributed by atoms with Crippen molar-refractivity contribution >= 4 is 49.4 Å². The van der Waals surface area contributed by atoms with Crippen molar-refractivity contribution in [3.8, 4) is 5.75 Å². The third kappa shape index (κ3) is 3.39. The van der Waals surface area contributed by atoms with Crippen molar-refractivity contribution in [2.45, 2.75) is 20.8 Å². The first-order valence-electron chi connectivity index (χ1n) is 5.32. The molecule has 0 saturated heterocycles. The first kappa shape index (κ1) is 15.8. The zero-order valence-electron chi connectivity index (χ0n) is 10.3. The quantitative estimate of drug-likeness (QED) is 0.702. The minimum atomic E-state index is -0.401. The van der Waals surface area contributed by atoms with Crippen LogP contribution in [-0.2, 0) is 9.53 Å². The number of hydrogen-bond acceptors (Lipinski definition) is 3. The smallest absolute Gasteiger partial charge is 0.344 e. The molecular weight excluding hydrogens is 387 g/mol. The van der Waals surface area contributed by atoms with Crippen LogP contribution in [0.15, 0.2) is 8.95 Å². The largest absolute Gasteiger partial charge is 0.480 e. The van der Waals surface area contributed by atoms with Crippen LogP contribution in [0.3, 0.4) is 0 Å². The highest BCUT2D eigenvalue weighted by Gasteiger charge is 2.18. The molecule has 0 amide bonds. The molecule has 1 rings (SSSR count). The second-order valence-corrected chi connectivity index (χ2v) is 5.58. The molecule has 0 bridgehead atoms. The molecule has 1 aromatic carbocycles. The lowest BCUT2D eigenvalue weighted by atomic mass is 10.1. The van der Waals surface area contributed by atoms with E-state index in [1.54, 1.807) is 6.92 Å². The van der Waals surface area contributed by atoms with E-state index in [2.05, 4.69) is 31.9 Å². The van der Waals surface area contributed by atoms with Gasteiger partial charge in [-0.25, -0.2) is 4.79 Å². The Morgan fingerprint density at radius 3 is 2.17 bits per heavy atom. The highest BCUT2D eigenvalue weighted by molar-refractivity contribution is 9.11. The van der Waals surface area contributed by atoms with Gasteiger partial charge in [-0.15, -0.1) is 0 Å². The minimum Gasteiger partial charge on any atom is -0.480 e. The molecule has 0 heterocycles. The minimum absolute atomic E-state index is 0.133. The van der Waals surface area contributed by atoms with E-state index in [1.807, 2.05) is 13.8 Å². The molecule has 0 radical (unpaired) electrons. The number of carbonyl (C=O) groups is 1. The summed E-state index contributed by atoms with van der Waals surface area (Å²) in [5, 5.41) is 0.664. The van der Waals surface area contributed by atoms with Crippen LogP contribution in [0.5, 0.6) is 5.75 Å². The van der Waals surface area contributed by atoms with Crippen molar-refractivity contribution in [1.82, 2.24) is 0 Å². The van der Waals surface area contributed by atoms with Crippen molar-refractivity contribution in [2.24, 2.45) is 0 Å². The highest BCUT2D eigenvalue weighted by Crippen LogP contribution is 2.42. The van der Waals surface area contributed by atoms with Gasteiger partial charge < -0.3 is 9.47 Å². The lowest BCUT2D eigenvalue weighted by Gasteiger charge is -2.15. The SMILES string of the molecule is CCOC(=O)COc1c(Br)c(C)c(Cl)c(C)c1Br. The number of carbonyl (C=O) groups excluding carboxylic acids is 1. The normalized spacial score (nSPS) is 10.3. The number of benzene rings is 1. The maximum absolute atomic E-state index is 11.3. The van der Waals surface area contributed by atoms with Crippen LogP contribution in [0.2, 0.25) is 5.02 Å². The summed E-state index contributed by atoms with van der Waals surface area (Å²) in [4.78, 5) is 11.3. The lowest BCUT2D eigenvalue weighted by molar-refractivity contribution is -0.145.